The van der Waals surface area contributed by atoms with E-state index < -0.39 is 16.0 Å². The van der Waals surface area contributed by atoms with Crippen molar-refractivity contribution < 1.29 is 17.9 Å². The fourth-order valence-corrected chi connectivity index (χ4v) is 4.04. The zero-order chi connectivity index (χ0) is 20.4. The number of carbonyl (C=O) groups excluding carboxylic acids is 1. The Morgan fingerprint density at radius 3 is 2.52 bits per heavy atom. The molecule has 1 aromatic carbocycles. The van der Waals surface area contributed by atoms with Crippen LogP contribution in [0.4, 0.5) is 0 Å². The molecule has 1 heterocycles. The number of nitrogens with one attached hydrogen (secondary N) is 2. The number of aryl methyl sites for hydroxylation is 3. The molecular weight excluding hydrogens is 366 g/mol. The lowest BCUT2D eigenvalue weighted by molar-refractivity contribution is 0.0525. The first-order valence-electron chi connectivity index (χ1n) is 8.58. The third-order valence-electron chi connectivity index (χ3n) is 4.25. The zero-order valence-electron chi connectivity index (χ0n) is 16.4. The second kappa shape index (κ2) is 7.96. The highest BCUT2D eigenvalue weighted by Crippen LogP contribution is 2.20. The van der Waals surface area contributed by atoms with Crippen molar-refractivity contribution in [3.05, 3.63) is 51.8 Å². The van der Waals surface area contributed by atoms with Gasteiger partial charge in [-0.1, -0.05) is 12.1 Å². The molecule has 27 heavy (non-hydrogen) atoms. The number of carbonyl (C=O) groups is 1. The van der Waals surface area contributed by atoms with Crippen molar-refractivity contribution in [3.63, 3.8) is 0 Å². The molecule has 0 bridgehead atoms. The Balaban J connectivity index is 2.34. The zero-order valence-corrected chi connectivity index (χ0v) is 17.2. The number of hydrogen-bond acceptors (Lipinski definition) is 5. The van der Waals surface area contributed by atoms with Crippen LogP contribution in [0.1, 0.15) is 52.3 Å². The summed E-state index contributed by atoms with van der Waals surface area (Å²) < 4.78 is 30.2. The fraction of sp³-hybridized carbons (Fsp3) is 0.368. The average molecular weight is 391 g/mol. The van der Waals surface area contributed by atoms with E-state index in [0.29, 0.717) is 33.8 Å². The molecule has 0 spiro atoms. The number of H-pyrrole nitrogens is 1. The first kappa shape index (κ1) is 20.7. The summed E-state index contributed by atoms with van der Waals surface area (Å²) in [7, 11) is -3.80. The molecule has 2 aromatic rings. The third-order valence-corrected chi connectivity index (χ3v) is 5.60. The molecule has 0 radical (unpaired) electrons. The molecule has 8 heteroatoms. The summed E-state index contributed by atoms with van der Waals surface area (Å²) >= 11 is 0. The number of nitrogens with zero attached hydrogens (tertiary/aromatic N) is 1. The molecule has 7 nitrogen and oxygen atoms in total. The van der Waals surface area contributed by atoms with Crippen LogP contribution in [-0.4, -0.2) is 31.7 Å². The van der Waals surface area contributed by atoms with Gasteiger partial charge in [0, 0.05) is 5.69 Å². The van der Waals surface area contributed by atoms with Gasteiger partial charge < -0.3 is 9.72 Å². The molecule has 0 aliphatic carbocycles. The van der Waals surface area contributed by atoms with Gasteiger partial charge in [0.05, 0.1) is 28.5 Å². The largest absolute Gasteiger partial charge is 0.462 e. The standard InChI is InChI=1S/C19H25N3O4S/c1-7-26-19(23)17-13(4)18(20-14(17)5)15(6)21-22-27(24,25)16-10-11(2)8-9-12(16)3/h8-10,20,22H,7H2,1-6H3/b21-15-. The molecule has 0 aliphatic rings. The van der Waals surface area contributed by atoms with E-state index in [-0.39, 0.29) is 11.5 Å². The van der Waals surface area contributed by atoms with Crippen molar-refractivity contribution in [3.8, 4) is 0 Å². The molecule has 0 amide bonds. The van der Waals surface area contributed by atoms with Crippen molar-refractivity contribution in [1.29, 1.82) is 0 Å². The lowest BCUT2D eigenvalue weighted by Crippen LogP contribution is -2.21. The molecule has 0 unspecified atom stereocenters. The van der Waals surface area contributed by atoms with E-state index in [1.54, 1.807) is 46.8 Å². The monoisotopic (exact) mass is 391 g/mol. The molecule has 2 N–H and O–H groups in total. The van der Waals surface area contributed by atoms with E-state index >= 15 is 0 Å². The maximum absolute atomic E-state index is 12.6. The van der Waals surface area contributed by atoms with Gasteiger partial charge in [-0.05, 0) is 64.3 Å². The minimum atomic E-state index is -3.80. The van der Waals surface area contributed by atoms with E-state index in [1.807, 2.05) is 13.0 Å². The Kier molecular flexibility index (Phi) is 6.10. The summed E-state index contributed by atoms with van der Waals surface area (Å²) in [4.78, 5) is 17.6. The van der Waals surface area contributed by atoms with Crippen molar-refractivity contribution in [2.24, 2.45) is 5.10 Å². The number of aromatic nitrogens is 1. The fourth-order valence-electron chi connectivity index (χ4n) is 2.85. The predicted molar refractivity (Wildman–Crippen MR) is 105 cm³/mol. The number of hydrogen-bond donors (Lipinski definition) is 2. The average Bonchev–Trinajstić information content (AvgIpc) is 2.89. The van der Waals surface area contributed by atoms with E-state index in [0.717, 1.165) is 5.56 Å². The lowest BCUT2D eigenvalue weighted by Gasteiger charge is -2.09. The quantitative estimate of drug-likeness (QED) is 0.449. The van der Waals surface area contributed by atoms with Gasteiger partial charge in [-0.3, -0.25) is 0 Å². The Morgan fingerprint density at radius 2 is 1.89 bits per heavy atom. The van der Waals surface area contributed by atoms with Gasteiger partial charge in [0.15, 0.2) is 0 Å². The molecule has 1 aromatic heterocycles. The van der Waals surface area contributed by atoms with Crippen molar-refractivity contribution >= 4 is 21.7 Å². The molecule has 2 rings (SSSR count). The van der Waals surface area contributed by atoms with Gasteiger partial charge in [0.25, 0.3) is 10.0 Å². The Labute approximate surface area is 159 Å². The highest BCUT2D eigenvalue weighted by molar-refractivity contribution is 7.89. The summed E-state index contributed by atoms with van der Waals surface area (Å²) in [6.07, 6.45) is 0. The topological polar surface area (TPSA) is 101 Å². The third kappa shape index (κ3) is 4.39. The molecule has 146 valence electrons. The van der Waals surface area contributed by atoms with Gasteiger partial charge in [-0.15, -0.1) is 0 Å². The van der Waals surface area contributed by atoms with E-state index in [4.69, 9.17) is 4.74 Å². The predicted octanol–water partition coefficient (Wildman–Crippen LogP) is 3.13. The van der Waals surface area contributed by atoms with E-state index in [9.17, 15) is 13.2 Å². The Morgan fingerprint density at radius 1 is 1.22 bits per heavy atom. The Bertz CT molecular complexity index is 1000. The van der Waals surface area contributed by atoms with Crippen LogP contribution in [0.15, 0.2) is 28.2 Å². The minimum Gasteiger partial charge on any atom is -0.462 e. The summed E-state index contributed by atoms with van der Waals surface area (Å²) in [6, 6.07) is 5.21. The van der Waals surface area contributed by atoms with Crippen LogP contribution in [0.2, 0.25) is 0 Å². The second-order valence-corrected chi connectivity index (χ2v) is 8.04. The first-order chi connectivity index (χ1) is 12.6. The Hall–Kier alpha value is -2.61. The highest BCUT2D eigenvalue weighted by Gasteiger charge is 2.21. The van der Waals surface area contributed by atoms with Gasteiger partial charge in [0.2, 0.25) is 0 Å². The molecule has 0 saturated carbocycles. The molecule has 0 aliphatic heterocycles. The van der Waals surface area contributed by atoms with Gasteiger partial charge in [-0.2, -0.15) is 18.4 Å². The summed E-state index contributed by atoms with van der Waals surface area (Å²) in [5, 5.41) is 4.03. The number of esters is 1. The van der Waals surface area contributed by atoms with Crippen molar-refractivity contribution in [2.45, 2.75) is 46.4 Å². The van der Waals surface area contributed by atoms with Crippen LogP contribution in [0.25, 0.3) is 0 Å². The van der Waals surface area contributed by atoms with Crippen LogP contribution >= 0.6 is 0 Å². The van der Waals surface area contributed by atoms with E-state index in [2.05, 4.69) is 14.9 Å². The van der Waals surface area contributed by atoms with Crippen LogP contribution in [0.3, 0.4) is 0 Å². The number of hydrazone groups is 1. The van der Waals surface area contributed by atoms with Crippen LogP contribution in [0.5, 0.6) is 0 Å². The molecule has 0 fully saturated rings. The number of ether oxygens (including phenoxy) is 1. The van der Waals surface area contributed by atoms with Crippen LogP contribution < -0.4 is 4.83 Å². The smallest absolute Gasteiger partial charge is 0.340 e. The summed E-state index contributed by atoms with van der Waals surface area (Å²) in [5.41, 5.74) is 4.23. The first-order valence-corrected chi connectivity index (χ1v) is 10.1. The summed E-state index contributed by atoms with van der Waals surface area (Å²) in [5.74, 6) is -0.418. The maximum Gasteiger partial charge on any atom is 0.340 e. The number of sulfonamides is 1. The molecule has 0 saturated heterocycles. The molecular formula is C19H25N3O4S. The van der Waals surface area contributed by atoms with Crippen molar-refractivity contribution in [1.82, 2.24) is 9.82 Å². The summed E-state index contributed by atoms with van der Waals surface area (Å²) in [6.45, 7) is 10.8. The lowest BCUT2D eigenvalue weighted by atomic mass is 10.1. The second-order valence-electron chi connectivity index (χ2n) is 6.41. The molecule has 0 atom stereocenters. The number of aromatic amines is 1. The normalized spacial score (nSPS) is 12.1. The SMILES string of the molecule is CCOC(=O)c1c(C)[nH]c(/C(C)=N\NS(=O)(=O)c2cc(C)ccc2C)c1C. The van der Waals surface area contributed by atoms with Crippen LogP contribution in [-0.2, 0) is 14.8 Å². The maximum atomic E-state index is 12.6. The number of rotatable bonds is 6. The number of benzene rings is 1. The van der Waals surface area contributed by atoms with Gasteiger partial charge >= 0.3 is 5.97 Å². The van der Waals surface area contributed by atoms with Crippen molar-refractivity contribution in [2.75, 3.05) is 6.61 Å². The minimum absolute atomic E-state index is 0.186. The highest BCUT2D eigenvalue weighted by atomic mass is 32.2. The van der Waals surface area contributed by atoms with Gasteiger partial charge in [0.1, 0.15) is 0 Å². The van der Waals surface area contributed by atoms with E-state index in [1.165, 1.54) is 0 Å². The van der Waals surface area contributed by atoms with Gasteiger partial charge in [-0.25, -0.2) is 4.79 Å². The van der Waals surface area contributed by atoms with Crippen LogP contribution in [0, 0.1) is 27.7 Å².